The second kappa shape index (κ2) is 3.49. The van der Waals surface area contributed by atoms with E-state index in [1.165, 1.54) is 6.07 Å². The molecule has 1 aromatic heterocycles. The summed E-state index contributed by atoms with van der Waals surface area (Å²) in [7, 11) is 0. The average molecular weight is 206 g/mol. The van der Waals surface area contributed by atoms with Crippen molar-refractivity contribution in [1.29, 1.82) is 0 Å². The third-order valence-electron chi connectivity index (χ3n) is 1.84. The third-order valence-corrected chi connectivity index (χ3v) is 1.84. The monoisotopic (exact) mass is 206 g/mol. The summed E-state index contributed by atoms with van der Waals surface area (Å²) >= 11 is 0. The number of rotatable bonds is 3. The van der Waals surface area contributed by atoms with Crippen LogP contribution in [0.5, 0.6) is 0 Å². The minimum absolute atomic E-state index is 0.523. The van der Waals surface area contributed by atoms with Gasteiger partial charge in [0.25, 0.3) is 0 Å². The summed E-state index contributed by atoms with van der Waals surface area (Å²) in [6.07, 6.45) is -3.34. The molecule has 0 aliphatic rings. The van der Waals surface area contributed by atoms with Crippen LogP contribution in [0.2, 0.25) is 0 Å². The molecule has 1 atom stereocenters. The summed E-state index contributed by atoms with van der Waals surface area (Å²) < 4.78 is 42.1. The lowest BCUT2D eigenvalue weighted by Crippen LogP contribution is -2.41. The second-order valence-electron chi connectivity index (χ2n) is 2.83. The fourth-order valence-corrected chi connectivity index (χ4v) is 1.08. The summed E-state index contributed by atoms with van der Waals surface area (Å²) in [5.41, 5.74) is -2.97. The molecule has 0 aromatic carbocycles. The van der Waals surface area contributed by atoms with Gasteiger partial charge in [-0.05, 0) is 12.1 Å². The van der Waals surface area contributed by atoms with Crippen LogP contribution in [0.1, 0.15) is 12.2 Å². The molecule has 0 aliphatic carbocycles. The van der Waals surface area contributed by atoms with Gasteiger partial charge in [-0.3, -0.25) is 0 Å². The van der Waals surface area contributed by atoms with Crippen LogP contribution >= 0.6 is 0 Å². The molecule has 14 heavy (non-hydrogen) atoms. The molecule has 0 saturated heterocycles. The van der Waals surface area contributed by atoms with Crippen molar-refractivity contribution < 1.29 is 22.7 Å². The van der Waals surface area contributed by atoms with Gasteiger partial charge in [-0.25, -0.2) is 0 Å². The van der Waals surface area contributed by atoms with E-state index in [0.29, 0.717) is 0 Å². The van der Waals surface area contributed by atoms with E-state index in [9.17, 15) is 18.3 Å². The molecule has 1 unspecified atom stereocenters. The van der Waals surface area contributed by atoms with Gasteiger partial charge in [-0.15, -0.1) is 6.58 Å². The van der Waals surface area contributed by atoms with E-state index < -0.39 is 24.0 Å². The van der Waals surface area contributed by atoms with E-state index in [1.54, 1.807) is 0 Å². The Morgan fingerprint density at radius 3 is 2.50 bits per heavy atom. The molecule has 0 amide bonds. The Bertz CT molecular complexity index is 302. The lowest BCUT2D eigenvalue weighted by Gasteiger charge is -2.27. The topological polar surface area (TPSA) is 33.4 Å². The first-order valence-electron chi connectivity index (χ1n) is 3.86. The van der Waals surface area contributed by atoms with Gasteiger partial charge in [0.2, 0.25) is 5.60 Å². The lowest BCUT2D eigenvalue weighted by atomic mass is 9.96. The lowest BCUT2D eigenvalue weighted by molar-refractivity contribution is -0.271. The number of hydrogen-bond acceptors (Lipinski definition) is 2. The Balaban J connectivity index is 3.11. The number of furan rings is 1. The largest absolute Gasteiger partial charge is 0.466 e. The Hall–Kier alpha value is -1.23. The number of alkyl halides is 3. The molecule has 0 bridgehead atoms. The zero-order chi connectivity index (χ0) is 10.8. The maximum Gasteiger partial charge on any atom is 0.424 e. The van der Waals surface area contributed by atoms with E-state index in [-0.39, 0.29) is 0 Å². The SMILES string of the molecule is C=CCC(O)(c1ccco1)C(F)(F)F. The quantitative estimate of drug-likeness (QED) is 0.771. The van der Waals surface area contributed by atoms with Crippen LogP contribution in [0.25, 0.3) is 0 Å². The van der Waals surface area contributed by atoms with Gasteiger partial charge in [0.05, 0.1) is 6.26 Å². The van der Waals surface area contributed by atoms with Crippen LogP contribution in [0.15, 0.2) is 35.5 Å². The van der Waals surface area contributed by atoms with Crippen molar-refractivity contribution in [2.75, 3.05) is 0 Å². The predicted octanol–water partition coefficient (Wildman–Crippen LogP) is 2.61. The summed E-state index contributed by atoms with van der Waals surface area (Å²) in [5.74, 6) is -0.523. The van der Waals surface area contributed by atoms with Gasteiger partial charge in [0.15, 0.2) is 0 Å². The maximum atomic E-state index is 12.5. The highest BCUT2D eigenvalue weighted by Crippen LogP contribution is 2.41. The fraction of sp³-hybridized carbons (Fsp3) is 0.333. The minimum atomic E-state index is -4.78. The van der Waals surface area contributed by atoms with Crippen molar-refractivity contribution >= 4 is 0 Å². The van der Waals surface area contributed by atoms with Gasteiger partial charge in [0.1, 0.15) is 5.76 Å². The van der Waals surface area contributed by atoms with Gasteiger partial charge in [-0.2, -0.15) is 13.2 Å². The fourth-order valence-electron chi connectivity index (χ4n) is 1.08. The number of halogens is 3. The summed E-state index contributed by atoms with van der Waals surface area (Å²) in [6, 6.07) is 2.37. The molecule has 0 radical (unpaired) electrons. The van der Waals surface area contributed by atoms with E-state index in [4.69, 9.17) is 0 Å². The molecule has 5 heteroatoms. The molecular formula is C9H9F3O2. The highest BCUT2D eigenvalue weighted by atomic mass is 19.4. The normalized spacial score (nSPS) is 16.3. The summed E-state index contributed by atoms with van der Waals surface area (Å²) in [6.45, 7) is 3.17. The van der Waals surface area contributed by atoms with E-state index >= 15 is 0 Å². The van der Waals surface area contributed by atoms with Crippen LogP contribution in [-0.2, 0) is 5.60 Å². The first-order chi connectivity index (χ1) is 6.42. The summed E-state index contributed by atoms with van der Waals surface area (Å²) in [4.78, 5) is 0. The molecule has 1 rings (SSSR count). The van der Waals surface area contributed by atoms with Crippen LogP contribution in [0.4, 0.5) is 13.2 Å². The molecule has 0 spiro atoms. The van der Waals surface area contributed by atoms with Gasteiger partial charge in [-0.1, -0.05) is 6.08 Å². The van der Waals surface area contributed by atoms with Crippen molar-refractivity contribution in [3.05, 3.63) is 36.8 Å². The van der Waals surface area contributed by atoms with Gasteiger partial charge in [0, 0.05) is 6.42 Å². The van der Waals surface area contributed by atoms with Crippen molar-refractivity contribution in [3.63, 3.8) is 0 Å². The Kier molecular flexibility index (Phi) is 2.71. The van der Waals surface area contributed by atoms with E-state index in [0.717, 1.165) is 18.4 Å². The summed E-state index contributed by atoms with van der Waals surface area (Å²) in [5, 5.41) is 9.42. The third kappa shape index (κ3) is 1.68. The van der Waals surface area contributed by atoms with Crippen LogP contribution in [0.3, 0.4) is 0 Å². The first kappa shape index (κ1) is 10.8. The minimum Gasteiger partial charge on any atom is -0.466 e. The Morgan fingerprint density at radius 2 is 2.14 bits per heavy atom. The first-order valence-corrected chi connectivity index (χ1v) is 3.86. The van der Waals surface area contributed by atoms with Gasteiger partial charge < -0.3 is 9.52 Å². The second-order valence-corrected chi connectivity index (χ2v) is 2.83. The predicted molar refractivity (Wildman–Crippen MR) is 43.5 cm³/mol. The van der Waals surface area contributed by atoms with Crippen molar-refractivity contribution in [2.24, 2.45) is 0 Å². The smallest absolute Gasteiger partial charge is 0.424 e. The zero-order valence-corrected chi connectivity index (χ0v) is 7.21. The van der Waals surface area contributed by atoms with E-state index in [1.807, 2.05) is 0 Å². The maximum absolute atomic E-state index is 12.5. The molecule has 1 heterocycles. The Labute approximate surface area is 78.7 Å². The van der Waals surface area contributed by atoms with Gasteiger partial charge >= 0.3 is 6.18 Å². The van der Waals surface area contributed by atoms with E-state index in [2.05, 4.69) is 11.0 Å². The van der Waals surface area contributed by atoms with Crippen molar-refractivity contribution in [3.8, 4) is 0 Å². The van der Waals surface area contributed by atoms with Crippen molar-refractivity contribution in [1.82, 2.24) is 0 Å². The van der Waals surface area contributed by atoms with Crippen molar-refractivity contribution in [2.45, 2.75) is 18.2 Å². The molecule has 1 aromatic rings. The Morgan fingerprint density at radius 1 is 1.50 bits per heavy atom. The average Bonchev–Trinajstić information content (AvgIpc) is 2.54. The molecule has 1 N–H and O–H groups in total. The number of hydrogen-bond donors (Lipinski definition) is 1. The highest BCUT2D eigenvalue weighted by molar-refractivity contribution is 5.13. The molecule has 78 valence electrons. The highest BCUT2D eigenvalue weighted by Gasteiger charge is 2.56. The molecule has 0 aliphatic heterocycles. The molecule has 2 nitrogen and oxygen atoms in total. The molecule has 0 fully saturated rings. The van der Waals surface area contributed by atoms with Crippen LogP contribution < -0.4 is 0 Å². The van der Waals surface area contributed by atoms with Crippen LogP contribution in [-0.4, -0.2) is 11.3 Å². The van der Waals surface area contributed by atoms with Crippen LogP contribution in [0, 0.1) is 0 Å². The molecular weight excluding hydrogens is 197 g/mol. The number of aliphatic hydroxyl groups is 1. The molecule has 0 saturated carbocycles. The standard InChI is InChI=1S/C9H9F3O2/c1-2-5-8(13,9(10,11)12)7-4-3-6-14-7/h2-4,6,13H,1,5H2. The zero-order valence-electron chi connectivity index (χ0n) is 7.21.